The molecular weight excluding hydrogens is 378 g/mol. The van der Waals surface area contributed by atoms with Crippen LogP contribution in [0, 0.1) is 0 Å². The molecule has 0 atom stereocenters. The highest BCUT2D eigenvalue weighted by atomic mass is 16.2. The summed E-state index contributed by atoms with van der Waals surface area (Å²) in [6.45, 7) is 0.654. The number of amides is 3. The van der Waals surface area contributed by atoms with Crippen molar-refractivity contribution in [2.45, 2.75) is 12.8 Å². The van der Waals surface area contributed by atoms with Crippen molar-refractivity contribution in [3.05, 3.63) is 90.0 Å². The molecule has 3 aromatic carbocycles. The predicted molar refractivity (Wildman–Crippen MR) is 117 cm³/mol. The van der Waals surface area contributed by atoms with Gasteiger partial charge in [-0.3, -0.25) is 14.4 Å². The summed E-state index contributed by atoms with van der Waals surface area (Å²) in [6.07, 6.45) is 1.34. The van der Waals surface area contributed by atoms with E-state index in [9.17, 15) is 14.4 Å². The number of nitrogens with zero attached hydrogens (tertiary/aromatic N) is 1. The van der Waals surface area contributed by atoms with Crippen LogP contribution in [0.1, 0.15) is 33.6 Å². The molecule has 1 heterocycles. The number of anilines is 3. The molecule has 2 N–H and O–H groups in total. The fraction of sp³-hybridized carbons (Fsp3) is 0.125. The van der Waals surface area contributed by atoms with Gasteiger partial charge < -0.3 is 15.5 Å². The van der Waals surface area contributed by atoms with Gasteiger partial charge in [-0.2, -0.15) is 0 Å². The monoisotopic (exact) mass is 399 g/mol. The number of carbonyl (C=O) groups excluding carboxylic acids is 3. The Labute approximate surface area is 174 Å². The Bertz CT molecular complexity index is 1080. The fourth-order valence-corrected chi connectivity index (χ4v) is 3.41. The molecule has 0 radical (unpaired) electrons. The summed E-state index contributed by atoms with van der Waals surface area (Å²) in [4.78, 5) is 38.8. The molecule has 0 bridgehead atoms. The molecule has 1 aliphatic heterocycles. The largest absolute Gasteiger partial charge is 0.322 e. The average Bonchev–Trinajstić information content (AvgIpc) is 3.21. The van der Waals surface area contributed by atoms with Crippen molar-refractivity contribution in [3.8, 4) is 0 Å². The van der Waals surface area contributed by atoms with Crippen molar-refractivity contribution in [3.63, 3.8) is 0 Å². The quantitative estimate of drug-likeness (QED) is 0.671. The minimum absolute atomic E-state index is 0.0650. The molecule has 0 saturated carbocycles. The van der Waals surface area contributed by atoms with E-state index in [2.05, 4.69) is 10.6 Å². The number of carbonyl (C=O) groups is 3. The highest BCUT2D eigenvalue weighted by Crippen LogP contribution is 2.29. The van der Waals surface area contributed by atoms with Crippen LogP contribution in [0.2, 0.25) is 0 Å². The van der Waals surface area contributed by atoms with Gasteiger partial charge in [0.15, 0.2) is 0 Å². The number of rotatable bonds is 5. The van der Waals surface area contributed by atoms with Gasteiger partial charge in [-0.1, -0.05) is 30.3 Å². The third-order valence-electron chi connectivity index (χ3n) is 4.96. The lowest BCUT2D eigenvalue weighted by Crippen LogP contribution is -2.25. The second-order valence-corrected chi connectivity index (χ2v) is 7.02. The molecule has 6 nitrogen and oxygen atoms in total. The summed E-state index contributed by atoms with van der Waals surface area (Å²) in [7, 11) is 0. The van der Waals surface area contributed by atoms with Crippen molar-refractivity contribution in [2.24, 2.45) is 0 Å². The van der Waals surface area contributed by atoms with Crippen molar-refractivity contribution < 1.29 is 14.4 Å². The minimum Gasteiger partial charge on any atom is -0.322 e. The van der Waals surface area contributed by atoms with Crippen LogP contribution >= 0.6 is 0 Å². The van der Waals surface area contributed by atoms with Gasteiger partial charge >= 0.3 is 0 Å². The first kappa shape index (κ1) is 19.4. The van der Waals surface area contributed by atoms with Crippen molar-refractivity contribution >= 4 is 34.8 Å². The van der Waals surface area contributed by atoms with Gasteiger partial charge in [-0.05, 0) is 55.0 Å². The molecule has 0 unspecified atom stereocenters. The van der Waals surface area contributed by atoms with E-state index in [0.717, 1.165) is 6.42 Å². The minimum atomic E-state index is -0.282. The van der Waals surface area contributed by atoms with Crippen molar-refractivity contribution in [2.75, 3.05) is 22.1 Å². The Balaban J connectivity index is 1.45. The zero-order valence-electron chi connectivity index (χ0n) is 16.3. The standard InChI is InChI=1S/C24H21N3O3/c28-22-11-6-16-27(22)21-10-5-4-9-20(21)26-24(30)18-12-14-19(15-13-18)25-23(29)17-7-2-1-3-8-17/h1-5,7-10,12-15H,6,11,16H2,(H,25,29)(H,26,30). The lowest BCUT2D eigenvalue weighted by atomic mass is 10.1. The molecule has 30 heavy (non-hydrogen) atoms. The molecule has 150 valence electrons. The molecular formula is C24H21N3O3. The predicted octanol–water partition coefficient (Wildman–Crippen LogP) is 4.32. The maximum Gasteiger partial charge on any atom is 0.255 e. The number of hydrogen-bond acceptors (Lipinski definition) is 3. The molecule has 1 aliphatic rings. The maximum absolute atomic E-state index is 12.7. The van der Waals surface area contributed by atoms with E-state index in [0.29, 0.717) is 41.2 Å². The summed E-state index contributed by atoms with van der Waals surface area (Å²) in [5.41, 5.74) is 2.92. The van der Waals surface area contributed by atoms with E-state index in [1.54, 1.807) is 59.5 Å². The molecule has 1 fully saturated rings. The smallest absolute Gasteiger partial charge is 0.255 e. The molecule has 1 saturated heterocycles. The first-order valence-electron chi connectivity index (χ1n) is 9.79. The van der Waals surface area contributed by atoms with E-state index < -0.39 is 0 Å². The summed E-state index contributed by atoms with van der Waals surface area (Å²) in [5.74, 6) is -0.428. The zero-order valence-corrected chi connectivity index (χ0v) is 16.3. The Hall–Kier alpha value is -3.93. The Kier molecular flexibility index (Phi) is 5.57. The molecule has 0 aromatic heterocycles. The lowest BCUT2D eigenvalue weighted by Gasteiger charge is -2.20. The van der Waals surface area contributed by atoms with Gasteiger partial charge in [0.25, 0.3) is 11.8 Å². The van der Waals surface area contributed by atoms with E-state index in [1.807, 2.05) is 24.3 Å². The normalized spacial score (nSPS) is 13.2. The van der Waals surface area contributed by atoms with Crippen LogP contribution in [-0.2, 0) is 4.79 Å². The number of nitrogens with one attached hydrogen (secondary N) is 2. The van der Waals surface area contributed by atoms with Crippen molar-refractivity contribution in [1.82, 2.24) is 0 Å². The van der Waals surface area contributed by atoms with Gasteiger partial charge in [-0.25, -0.2) is 0 Å². The topological polar surface area (TPSA) is 78.5 Å². The third kappa shape index (κ3) is 4.22. The first-order chi connectivity index (χ1) is 14.6. The van der Waals surface area contributed by atoms with E-state index in [4.69, 9.17) is 0 Å². The van der Waals surface area contributed by atoms with Crippen LogP contribution in [0.4, 0.5) is 17.1 Å². The highest BCUT2D eigenvalue weighted by Gasteiger charge is 2.24. The van der Waals surface area contributed by atoms with Crippen LogP contribution < -0.4 is 15.5 Å². The third-order valence-corrected chi connectivity index (χ3v) is 4.96. The summed E-state index contributed by atoms with van der Waals surface area (Å²) in [6, 6.07) is 22.9. The van der Waals surface area contributed by atoms with Crippen LogP contribution in [0.15, 0.2) is 78.9 Å². The van der Waals surface area contributed by atoms with E-state index >= 15 is 0 Å². The zero-order chi connectivity index (χ0) is 20.9. The molecule has 0 spiro atoms. The molecule has 3 aromatic rings. The SMILES string of the molecule is O=C(Nc1ccc(C(=O)Nc2ccccc2N2CCCC2=O)cc1)c1ccccc1. The summed E-state index contributed by atoms with van der Waals surface area (Å²) < 4.78 is 0. The molecule has 4 rings (SSSR count). The van der Waals surface area contributed by atoms with Crippen LogP contribution in [0.3, 0.4) is 0 Å². The van der Waals surface area contributed by atoms with Gasteiger partial charge in [0.1, 0.15) is 0 Å². The van der Waals surface area contributed by atoms with Crippen molar-refractivity contribution in [1.29, 1.82) is 0 Å². The number of hydrogen-bond donors (Lipinski definition) is 2. The Morgan fingerprint density at radius 3 is 2.07 bits per heavy atom. The van der Waals surface area contributed by atoms with Gasteiger partial charge in [0.2, 0.25) is 5.91 Å². The van der Waals surface area contributed by atoms with Gasteiger partial charge in [0, 0.05) is 29.8 Å². The summed E-state index contributed by atoms with van der Waals surface area (Å²) in [5, 5.41) is 5.70. The average molecular weight is 399 g/mol. The number of para-hydroxylation sites is 2. The maximum atomic E-state index is 12.7. The van der Waals surface area contributed by atoms with Crippen LogP contribution in [-0.4, -0.2) is 24.3 Å². The Morgan fingerprint density at radius 2 is 1.37 bits per heavy atom. The van der Waals surface area contributed by atoms with Gasteiger partial charge in [0.05, 0.1) is 11.4 Å². The molecule has 0 aliphatic carbocycles. The molecule has 3 amide bonds. The van der Waals surface area contributed by atoms with Gasteiger partial charge in [-0.15, -0.1) is 0 Å². The fourth-order valence-electron chi connectivity index (χ4n) is 3.41. The number of benzene rings is 3. The molecule has 6 heteroatoms. The second kappa shape index (κ2) is 8.61. The van der Waals surface area contributed by atoms with Crippen LogP contribution in [0.25, 0.3) is 0 Å². The van der Waals surface area contributed by atoms with Crippen LogP contribution in [0.5, 0.6) is 0 Å². The Morgan fingerprint density at radius 1 is 0.733 bits per heavy atom. The summed E-state index contributed by atoms with van der Waals surface area (Å²) >= 11 is 0. The second-order valence-electron chi connectivity index (χ2n) is 7.02. The highest BCUT2D eigenvalue weighted by molar-refractivity contribution is 6.08. The van der Waals surface area contributed by atoms with E-state index in [-0.39, 0.29) is 17.7 Å². The van der Waals surface area contributed by atoms with E-state index in [1.165, 1.54) is 0 Å². The lowest BCUT2D eigenvalue weighted by molar-refractivity contribution is -0.117. The first-order valence-corrected chi connectivity index (χ1v) is 9.79.